The number of hydrogen-bond acceptors (Lipinski definition) is 5. The van der Waals surface area contributed by atoms with Gasteiger partial charge in [-0.2, -0.15) is 0 Å². The van der Waals surface area contributed by atoms with Crippen molar-refractivity contribution in [2.45, 2.75) is 18.6 Å². The first-order chi connectivity index (χ1) is 13.0. The molecule has 1 amide bonds. The summed E-state index contributed by atoms with van der Waals surface area (Å²) in [5.41, 5.74) is 3.12. The van der Waals surface area contributed by atoms with E-state index in [0.717, 1.165) is 28.7 Å². The van der Waals surface area contributed by atoms with Crippen LogP contribution in [-0.2, 0) is 6.54 Å². The van der Waals surface area contributed by atoms with Crippen LogP contribution in [0.1, 0.15) is 15.9 Å². The van der Waals surface area contributed by atoms with Crippen molar-refractivity contribution in [2.24, 2.45) is 0 Å². The Morgan fingerprint density at radius 2 is 2.11 bits per heavy atom. The Bertz CT molecular complexity index is 1040. The Morgan fingerprint density at radius 1 is 1.30 bits per heavy atom. The normalized spacial score (nSPS) is 12.6. The minimum Gasteiger partial charge on any atom is -0.325 e. The average Bonchev–Trinajstić information content (AvgIpc) is 3.23. The van der Waals surface area contributed by atoms with Gasteiger partial charge in [0.05, 0.1) is 16.3 Å². The highest BCUT2D eigenvalue weighted by molar-refractivity contribution is 7.99. The van der Waals surface area contributed by atoms with Gasteiger partial charge in [-0.25, -0.2) is 4.98 Å². The number of nitrogens with zero attached hydrogens (tertiary/aromatic N) is 3. The lowest BCUT2D eigenvalue weighted by molar-refractivity contribution is -0.385. The molecule has 136 valence electrons. The van der Waals surface area contributed by atoms with Gasteiger partial charge >= 0.3 is 0 Å². The molecule has 0 atom stereocenters. The van der Waals surface area contributed by atoms with Gasteiger partial charge in [0, 0.05) is 41.3 Å². The number of aromatic nitrogens is 2. The number of para-hydroxylation sites is 1. The molecule has 0 fully saturated rings. The number of amides is 1. The first-order valence-electron chi connectivity index (χ1n) is 8.38. The SMILES string of the molecule is Cc1cc(C(=O)Nc2ccccc2-c2cn3c(n2)SCC3)ccc1[N+](=O)[O-]. The number of nitrogens with one attached hydrogen (secondary N) is 1. The van der Waals surface area contributed by atoms with Crippen molar-refractivity contribution in [1.29, 1.82) is 0 Å². The van der Waals surface area contributed by atoms with Crippen molar-refractivity contribution in [1.82, 2.24) is 9.55 Å². The first-order valence-corrected chi connectivity index (χ1v) is 9.37. The molecule has 27 heavy (non-hydrogen) atoms. The smallest absolute Gasteiger partial charge is 0.272 e. The fourth-order valence-electron chi connectivity index (χ4n) is 3.05. The van der Waals surface area contributed by atoms with Crippen LogP contribution in [0.15, 0.2) is 53.8 Å². The van der Waals surface area contributed by atoms with Crippen LogP contribution in [0.4, 0.5) is 11.4 Å². The van der Waals surface area contributed by atoms with Gasteiger partial charge in [-0.3, -0.25) is 14.9 Å². The third kappa shape index (κ3) is 3.31. The van der Waals surface area contributed by atoms with Gasteiger partial charge in [0.25, 0.3) is 11.6 Å². The first kappa shape index (κ1) is 17.3. The summed E-state index contributed by atoms with van der Waals surface area (Å²) in [6, 6.07) is 11.8. The van der Waals surface area contributed by atoms with Crippen LogP contribution in [0.3, 0.4) is 0 Å². The van der Waals surface area contributed by atoms with Crippen molar-refractivity contribution in [3.05, 3.63) is 69.9 Å². The van der Waals surface area contributed by atoms with E-state index < -0.39 is 4.92 Å². The van der Waals surface area contributed by atoms with Crippen LogP contribution in [0.2, 0.25) is 0 Å². The van der Waals surface area contributed by atoms with Gasteiger partial charge in [0.15, 0.2) is 5.16 Å². The van der Waals surface area contributed by atoms with Crippen molar-refractivity contribution in [3.8, 4) is 11.3 Å². The largest absolute Gasteiger partial charge is 0.325 e. The minimum absolute atomic E-state index is 0.00280. The van der Waals surface area contributed by atoms with E-state index >= 15 is 0 Å². The van der Waals surface area contributed by atoms with Crippen molar-refractivity contribution in [2.75, 3.05) is 11.1 Å². The summed E-state index contributed by atoms with van der Waals surface area (Å²) >= 11 is 1.71. The Kier molecular flexibility index (Phi) is 4.41. The zero-order chi connectivity index (χ0) is 19.0. The van der Waals surface area contributed by atoms with E-state index in [1.54, 1.807) is 18.7 Å². The number of rotatable bonds is 4. The molecule has 2 aromatic carbocycles. The highest BCUT2D eigenvalue weighted by Crippen LogP contribution is 2.32. The average molecular weight is 380 g/mol. The predicted octanol–water partition coefficient (Wildman–Crippen LogP) is 4.12. The van der Waals surface area contributed by atoms with Crippen LogP contribution in [0.25, 0.3) is 11.3 Å². The van der Waals surface area contributed by atoms with Crippen LogP contribution in [0.5, 0.6) is 0 Å². The molecule has 0 unspecified atom stereocenters. The molecule has 0 radical (unpaired) electrons. The fourth-order valence-corrected chi connectivity index (χ4v) is 3.99. The van der Waals surface area contributed by atoms with E-state index in [4.69, 9.17) is 0 Å². The van der Waals surface area contributed by atoms with Crippen LogP contribution in [0, 0.1) is 17.0 Å². The van der Waals surface area contributed by atoms with Crippen molar-refractivity contribution < 1.29 is 9.72 Å². The number of aryl methyl sites for hydroxylation is 2. The number of nitro groups is 1. The summed E-state index contributed by atoms with van der Waals surface area (Å²) in [5.74, 6) is 0.710. The lowest BCUT2D eigenvalue weighted by Crippen LogP contribution is -2.13. The number of carbonyl (C=O) groups is 1. The highest BCUT2D eigenvalue weighted by Gasteiger charge is 2.19. The van der Waals surface area contributed by atoms with Crippen LogP contribution < -0.4 is 5.32 Å². The number of anilines is 1. The molecular formula is C19H16N4O3S. The number of carbonyl (C=O) groups excluding carboxylic acids is 1. The molecule has 1 aliphatic rings. The number of benzene rings is 2. The number of hydrogen-bond donors (Lipinski definition) is 1. The molecule has 4 rings (SSSR count). The van der Waals surface area contributed by atoms with E-state index in [1.807, 2.05) is 30.5 Å². The Balaban J connectivity index is 1.62. The third-order valence-electron chi connectivity index (χ3n) is 4.41. The lowest BCUT2D eigenvalue weighted by Gasteiger charge is -2.10. The molecule has 3 aromatic rings. The van der Waals surface area contributed by atoms with E-state index in [-0.39, 0.29) is 11.6 Å². The maximum absolute atomic E-state index is 12.7. The zero-order valence-electron chi connectivity index (χ0n) is 14.5. The van der Waals surface area contributed by atoms with Crippen molar-refractivity contribution in [3.63, 3.8) is 0 Å². The molecule has 2 heterocycles. The van der Waals surface area contributed by atoms with Gasteiger partial charge < -0.3 is 9.88 Å². The van der Waals surface area contributed by atoms with Gasteiger partial charge in [-0.05, 0) is 25.1 Å². The van der Waals surface area contributed by atoms with Gasteiger partial charge in [-0.15, -0.1) is 0 Å². The van der Waals surface area contributed by atoms with E-state index in [9.17, 15) is 14.9 Å². The summed E-state index contributed by atoms with van der Waals surface area (Å²) in [6.45, 7) is 2.55. The Morgan fingerprint density at radius 3 is 2.85 bits per heavy atom. The molecule has 0 aliphatic carbocycles. The summed E-state index contributed by atoms with van der Waals surface area (Å²) in [7, 11) is 0. The Labute approximate surface area is 159 Å². The lowest BCUT2D eigenvalue weighted by atomic mass is 10.1. The molecule has 0 saturated carbocycles. The molecule has 0 bridgehead atoms. The molecule has 7 nitrogen and oxygen atoms in total. The molecule has 0 saturated heterocycles. The summed E-state index contributed by atoms with van der Waals surface area (Å²) in [4.78, 5) is 27.8. The summed E-state index contributed by atoms with van der Waals surface area (Å²) in [5, 5.41) is 14.8. The highest BCUT2D eigenvalue weighted by atomic mass is 32.2. The van der Waals surface area contributed by atoms with Gasteiger partial charge in [0.2, 0.25) is 0 Å². The molecule has 8 heteroatoms. The maximum atomic E-state index is 12.7. The van der Waals surface area contributed by atoms with Crippen LogP contribution >= 0.6 is 11.8 Å². The number of nitro benzene ring substituents is 1. The standard InChI is InChI=1S/C19H16N4O3S/c1-12-10-13(6-7-17(12)23(25)26)18(24)20-15-5-3-2-4-14(15)16-11-22-8-9-27-19(22)21-16/h2-7,10-11H,8-9H2,1H3,(H,20,24). The fraction of sp³-hybridized carbons (Fsp3) is 0.158. The molecular weight excluding hydrogens is 364 g/mol. The monoisotopic (exact) mass is 380 g/mol. The topological polar surface area (TPSA) is 90.1 Å². The zero-order valence-corrected chi connectivity index (χ0v) is 15.3. The quantitative estimate of drug-likeness (QED) is 0.543. The molecule has 0 spiro atoms. The predicted molar refractivity (Wildman–Crippen MR) is 104 cm³/mol. The minimum atomic E-state index is -0.456. The van der Waals surface area contributed by atoms with E-state index in [0.29, 0.717) is 16.8 Å². The molecule has 1 aromatic heterocycles. The molecule has 1 N–H and O–H groups in total. The maximum Gasteiger partial charge on any atom is 0.272 e. The number of fused-ring (bicyclic) bond motifs is 1. The van der Waals surface area contributed by atoms with Crippen molar-refractivity contribution >= 4 is 29.0 Å². The van der Waals surface area contributed by atoms with E-state index in [1.165, 1.54) is 18.2 Å². The second kappa shape index (κ2) is 6.88. The second-order valence-electron chi connectivity index (χ2n) is 6.21. The third-order valence-corrected chi connectivity index (χ3v) is 5.38. The Hall–Kier alpha value is -3.13. The number of imidazole rings is 1. The molecule has 1 aliphatic heterocycles. The van der Waals surface area contributed by atoms with Gasteiger partial charge in [0.1, 0.15) is 0 Å². The van der Waals surface area contributed by atoms with E-state index in [2.05, 4.69) is 14.9 Å². The number of thioether (sulfide) groups is 1. The van der Waals surface area contributed by atoms with Gasteiger partial charge in [-0.1, -0.05) is 30.0 Å². The summed E-state index contributed by atoms with van der Waals surface area (Å²) < 4.78 is 2.11. The van der Waals surface area contributed by atoms with Crippen LogP contribution in [-0.4, -0.2) is 26.1 Å². The summed E-state index contributed by atoms with van der Waals surface area (Å²) in [6.07, 6.45) is 2.00. The second-order valence-corrected chi connectivity index (χ2v) is 7.27.